The summed E-state index contributed by atoms with van der Waals surface area (Å²) in [5.41, 5.74) is 1.39. The van der Waals surface area contributed by atoms with Crippen molar-refractivity contribution < 1.29 is 18.3 Å². The highest BCUT2D eigenvalue weighted by Crippen LogP contribution is 2.26. The van der Waals surface area contributed by atoms with Gasteiger partial charge in [0.05, 0.1) is 12.7 Å². The zero-order valence-electron chi connectivity index (χ0n) is 15.6. The van der Waals surface area contributed by atoms with Crippen molar-refractivity contribution in [3.8, 4) is 5.75 Å². The van der Waals surface area contributed by atoms with Gasteiger partial charge in [-0.15, -0.1) is 0 Å². The first kappa shape index (κ1) is 20.5. The van der Waals surface area contributed by atoms with Gasteiger partial charge in [-0.3, -0.25) is 9.69 Å². The first-order valence-electron chi connectivity index (χ1n) is 9.11. The molecule has 0 radical (unpaired) electrons. The predicted molar refractivity (Wildman–Crippen MR) is 105 cm³/mol. The van der Waals surface area contributed by atoms with Crippen molar-refractivity contribution in [3.63, 3.8) is 0 Å². The van der Waals surface area contributed by atoms with Crippen LogP contribution in [0.25, 0.3) is 0 Å². The summed E-state index contributed by atoms with van der Waals surface area (Å²) in [4.78, 5) is 18.8. The molecule has 1 aromatic carbocycles. The number of hydrogen-bond donors (Lipinski definition) is 1. The van der Waals surface area contributed by atoms with Crippen LogP contribution in [-0.4, -0.2) is 47.8 Å². The molecule has 3 rings (SSSR count). The number of likely N-dealkylation sites (tertiary alicyclic amines) is 1. The third-order valence-electron chi connectivity index (χ3n) is 4.68. The van der Waals surface area contributed by atoms with Crippen molar-refractivity contribution in [2.75, 3.05) is 20.2 Å². The molecule has 1 N–H and O–H groups in total. The molecule has 2 heterocycles. The third kappa shape index (κ3) is 5.65. The number of carbonyl (C=O) groups is 1. The summed E-state index contributed by atoms with van der Waals surface area (Å²) in [6.45, 7) is 2.54. The molecule has 1 saturated heterocycles. The zero-order valence-corrected chi connectivity index (χ0v) is 16.4. The quantitative estimate of drug-likeness (QED) is 0.708. The summed E-state index contributed by atoms with van der Waals surface area (Å²) < 4.78 is 30.6. The average molecular weight is 407 g/mol. The summed E-state index contributed by atoms with van der Waals surface area (Å²) in [5, 5.41) is 3.03. The largest absolute Gasteiger partial charge is 0.497 e. The van der Waals surface area contributed by atoms with Gasteiger partial charge in [0.2, 0.25) is 0 Å². The highest BCUT2D eigenvalue weighted by molar-refractivity contribution is 7.99. The lowest BCUT2D eigenvalue weighted by Crippen LogP contribution is -2.44. The number of carbonyl (C=O) groups excluding carboxylic acids is 1. The predicted octanol–water partition coefficient (Wildman–Crippen LogP) is 3.80. The Hall–Kier alpha value is -2.19. The van der Waals surface area contributed by atoms with E-state index in [0.717, 1.165) is 38.2 Å². The Labute approximate surface area is 167 Å². The molecule has 1 aromatic heterocycles. The van der Waals surface area contributed by atoms with Gasteiger partial charge in [-0.2, -0.15) is 8.78 Å². The van der Waals surface area contributed by atoms with Gasteiger partial charge in [0.25, 0.3) is 11.7 Å². The minimum atomic E-state index is -2.61. The van der Waals surface area contributed by atoms with Crippen LogP contribution >= 0.6 is 11.8 Å². The van der Waals surface area contributed by atoms with Crippen molar-refractivity contribution in [2.24, 2.45) is 0 Å². The van der Waals surface area contributed by atoms with E-state index in [-0.39, 0.29) is 22.5 Å². The first-order chi connectivity index (χ1) is 13.5. The molecule has 8 heteroatoms. The van der Waals surface area contributed by atoms with E-state index in [1.54, 1.807) is 13.2 Å². The van der Waals surface area contributed by atoms with Crippen molar-refractivity contribution in [3.05, 3.63) is 53.7 Å². The second kappa shape index (κ2) is 9.84. The fourth-order valence-electron chi connectivity index (χ4n) is 3.27. The standard InChI is InChI=1S/C20H23F2N3O2S/c1-27-16-5-2-4-14(12-16)13-25-10-7-15(8-11-25)24-18(26)17-6-3-9-23-19(17)28-20(21)22/h2-6,9,12,15,20H,7-8,10-11,13H2,1H3,(H,24,26). The van der Waals surface area contributed by atoms with Gasteiger partial charge in [-0.05, 0) is 54.4 Å². The van der Waals surface area contributed by atoms with E-state index in [1.165, 1.54) is 17.8 Å². The number of aromatic nitrogens is 1. The summed E-state index contributed by atoms with van der Waals surface area (Å²) in [6, 6.07) is 11.1. The average Bonchev–Trinajstić information content (AvgIpc) is 2.69. The smallest absolute Gasteiger partial charge is 0.290 e. The van der Waals surface area contributed by atoms with Crippen molar-refractivity contribution in [1.82, 2.24) is 15.2 Å². The number of methoxy groups -OCH3 is 1. The van der Waals surface area contributed by atoms with Gasteiger partial charge in [0.1, 0.15) is 10.8 Å². The lowest BCUT2D eigenvalue weighted by atomic mass is 10.0. The molecule has 0 spiro atoms. The molecule has 1 fully saturated rings. The number of ether oxygens (including phenoxy) is 1. The zero-order chi connectivity index (χ0) is 19.9. The number of thioether (sulfide) groups is 1. The molecule has 0 unspecified atom stereocenters. The van der Waals surface area contributed by atoms with Crippen LogP contribution in [-0.2, 0) is 6.54 Å². The number of nitrogens with one attached hydrogen (secondary N) is 1. The maximum absolute atomic E-state index is 12.7. The molecule has 2 aromatic rings. The maximum atomic E-state index is 12.7. The van der Waals surface area contributed by atoms with Gasteiger partial charge in [-0.1, -0.05) is 12.1 Å². The molecule has 5 nitrogen and oxygen atoms in total. The van der Waals surface area contributed by atoms with Crippen molar-refractivity contribution >= 4 is 17.7 Å². The SMILES string of the molecule is COc1cccc(CN2CCC(NC(=O)c3cccnc3SC(F)F)CC2)c1. The molecule has 1 amide bonds. The Kier molecular flexibility index (Phi) is 7.22. The second-order valence-electron chi connectivity index (χ2n) is 6.61. The minimum absolute atomic E-state index is 0.0265. The molecule has 1 aliphatic rings. The van der Waals surface area contributed by atoms with E-state index in [4.69, 9.17) is 4.74 Å². The van der Waals surface area contributed by atoms with Crippen LogP contribution in [0, 0.1) is 0 Å². The fraction of sp³-hybridized carbons (Fsp3) is 0.400. The van der Waals surface area contributed by atoms with Gasteiger partial charge in [0.15, 0.2) is 0 Å². The molecular weight excluding hydrogens is 384 g/mol. The molecule has 0 aliphatic carbocycles. The maximum Gasteiger partial charge on any atom is 0.290 e. The molecule has 1 aliphatic heterocycles. The van der Waals surface area contributed by atoms with Crippen LogP contribution in [0.15, 0.2) is 47.6 Å². The van der Waals surface area contributed by atoms with E-state index < -0.39 is 5.76 Å². The third-order valence-corrected chi connectivity index (χ3v) is 5.41. The number of benzene rings is 1. The number of pyridine rings is 1. The fourth-order valence-corrected chi connectivity index (χ4v) is 3.85. The van der Waals surface area contributed by atoms with Crippen LogP contribution in [0.1, 0.15) is 28.8 Å². The number of amides is 1. The van der Waals surface area contributed by atoms with Crippen molar-refractivity contribution in [1.29, 1.82) is 0 Å². The number of nitrogens with zero attached hydrogens (tertiary/aromatic N) is 2. The Balaban J connectivity index is 1.52. The van der Waals surface area contributed by atoms with Crippen LogP contribution in [0.3, 0.4) is 0 Å². The highest BCUT2D eigenvalue weighted by atomic mass is 32.2. The summed E-state index contributed by atoms with van der Waals surface area (Å²) in [5.74, 6) is -2.11. The van der Waals surface area contributed by atoms with Crippen LogP contribution in [0.2, 0.25) is 0 Å². The molecule has 150 valence electrons. The van der Waals surface area contributed by atoms with Gasteiger partial charge in [0, 0.05) is 31.9 Å². The van der Waals surface area contributed by atoms with E-state index >= 15 is 0 Å². The monoisotopic (exact) mass is 407 g/mol. The molecule has 0 saturated carbocycles. The summed E-state index contributed by atoms with van der Waals surface area (Å²) in [7, 11) is 1.65. The minimum Gasteiger partial charge on any atom is -0.497 e. The molecular formula is C20H23F2N3O2S. The van der Waals surface area contributed by atoms with Crippen LogP contribution in [0.5, 0.6) is 5.75 Å². The summed E-state index contributed by atoms with van der Waals surface area (Å²) >= 11 is 0.296. The lowest BCUT2D eigenvalue weighted by molar-refractivity contribution is 0.0905. The second-order valence-corrected chi connectivity index (χ2v) is 7.59. The van der Waals surface area contributed by atoms with Crippen molar-refractivity contribution in [2.45, 2.75) is 36.2 Å². The Bertz CT molecular complexity index is 799. The highest BCUT2D eigenvalue weighted by Gasteiger charge is 2.23. The van der Waals surface area contributed by atoms with E-state index in [9.17, 15) is 13.6 Å². The van der Waals surface area contributed by atoms with E-state index in [2.05, 4.69) is 21.3 Å². The Morgan fingerprint density at radius 1 is 1.32 bits per heavy atom. The van der Waals surface area contributed by atoms with Gasteiger partial charge in [-0.25, -0.2) is 4.98 Å². The van der Waals surface area contributed by atoms with Crippen LogP contribution in [0.4, 0.5) is 8.78 Å². The topological polar surface area (TPSA) is 54.5 Å². The number of hydrogen-bond acceptors (Lipinski definition) is 5. The summed E-state index contributed by atoms with van der Waals surface area (Å²) in [6.07, 6.45) is 3.04. The number of rotatable bonds is 7. The normalized spacial score (nSPS) is 15.6. The van der Waals surface area contributed by atoms with E-state index in [0.29, 0.717) is 11.8 Å². The number of piperidine rings is 1. The van der Waals surface area contributed by atoms with E-state index in [1.807, 2.05) is 18.2 Å². The lowest BCUT2D eigenvalue weighted by Gasteiger charge is -2.32. The number of alkyl halides is 2. The molecule has 0 bridgehead atoms. The van der Waals surface area contributed by atoms with Gasteiger partial charge < -0.3 is 10.1 Å². The molecule has 28 heavy (non-hydrogen) atoms. The number of halogens is 2. The Morgan fingerprint density at radius 3 is 2.82 bits per heavy atom. The molecule has 0 atom stereocenters. The first-order valence-corrected chi connectivity index (χ1v) is 9.99. The van der Waals surface area contributed by atoms with Gasteiger partial charge >= 0.3 is 0 Å². The Morgan fingerprint density at radius 2 is 2.11 bits per heavy atom. The van der Waals surface area contributed by atoms with Crippen LogP contribution < -0.4 is 10.1 Å².